The van der Waals surface area contributed by atoms with Crippen molar-refractivity contribution in [2.75, 3.05) is 14.2 Å². The van der Waals surface area contributed by atoms with Crippen LogP contribution in [0.1, 0.15) is 15.9 Å². The zero-order chi connectivity index (χ0) is 15.7. The van der Waals surface area contributed by atoms with E-state index in [1.165, 1.54) is 0 Å². The Hall–Kier alpha value is -2.46. The topological polar surface area (TPSA) is 44.8 Å². The summed E-state index contributed by atoms with van der Waals surface area (Å²) in [6, 6.07) is 10.3. The first-order valence-electron chi connectivity index (χ1n) is 6.58. The lowest BCUT2D eigenvalue weighted by atomic mass is 10.1. The molecule has 0 saturated heterocycles. The largest absolute Gasteiger partial charge is 0.497 e. The molecule has 0 spiro atoms. The summed E-state index contributed by atoms with van der Waals surface area (Å²) in [7, 11) is 3.14. The third-order valence-corrected chi connectivity index (χ3v) is 3.59. The number of halogens is 1. The molecule has 112 valence electrons. The van der Waals surface area contributed by atoms with E-state index in [-0.39, 0.29) is 11.5 Å². The molecule has 3 rings (SSSR count). The highest BCUT2D eigenvalue weighted by Crippen LogP contribution is 2.35. The van der Waals surface area contributed by atoms with E-state index in [0.717, 1.165) is 5.56 Å². The van der Waals surface area contributed by atoms with Gasteiger partial charge in [-0.3, -0.25) is 4.79 Å². The minimum atomic E-state index is -0.199. The van der Waals surface area contributed by atoms with Gasteiger partial charge in [0.15, 0.2) is 5.76 Å². The van der Waals surface area contributed by atoms with Gasteiger partial charge in [0.2, 0.25) is 5.78 Å². The van der Waals surface area contributed by atoms with Crippen molar-refractivity contribution < 1.29 is 19.0 Å². The van der Waals surface area contributed by atoms with Gasteiger partial charge in [0, 0.05) is 16.7 Å². The van der Waals surface area contributed by atoms with Crippen LogP contribution in [-0.2, 0) is 0 Å². The lowest BCUT2D eigenvalue weighted by Crippen LogP contribution is -1.99. The third-order valence-electron chi connectivity index (χ3n) is 3.36. The van der Waals surface area contributed by atoms with Crippen molar-refractivity contribution >= 4 is 23.5 Å². The van der Waals surface area contributed by atoms with Gasteiger partial charge in [0.05, 0.1) is 19.8 Å². The Morgan fingerprint density at radius 2 is 1.91 bits per heavy atom. The zero-order valence-electron chi connectivity index (χ0n) is 12.1. The molecule has 0 fully saturated rings. The molecule has 0 radical (unpaired) electrons. The van der Waals surface area contributed by atoms with E-state index in [0.29, 0.717) is 27.8 Å². The highest BCUT2D eigenvalue weighted by Gasteiger charge is 2.27. The molecule has 1 aliphatic heterocycles. The Kier molecular flexibility index (Phi) is 3.77. The van der Waals surface area contributed by atoms with Crippen molar-refractivity contribution in [2.45, 2.75) is 0 Å². The van der Waals surface area contributed by atoms with Gasteiger partial charge in [-0.1, -0.05) is 11.6 Å². The molecular weight excluding hydrogens is 304 g/mol. The number of benzene rings is 2. The number of allylic oxidation sites excluding steroid dienone is 1. The van der Waals surface area contributed by atoms with Crippen LogP contribution in [0.3, 0.4) is 0 Å². The second-order valence-corrected chi connectivity index (χ2v) is 5.12. The Morgan fingerprint density at radius 1 is 1.09 bits per heavy atom. The molecule has 0 unspecified atom stereocenters. The molecule has 0 saturated carbocycles. The summed E-state index contributed by atoms with van der Waals surface area (Å²) in [4.78, 5) is 12.4. The van der Waals surface area contributed by atoms with Crippen LogP contribution in [0.5, 0.6) is 17.2 Å². The highest BCUT2D eigenvalue weighted by atomic mass is 35.5. The van der Waals surface area contributed by atoms with E-state index in [2.05, 4.69) is 0 Å². The molecule has 2 aromatic rings. The fraction of sp³-hybridized carbons (Fsp3) is 0.118. The first-order chi connectivity index (χ1) is 10.6. The maximum Gasteiger partial charge on any atom is 0.232 e. The van der Waals surface area contributed by atoms with Crippen molar-refractivity contribution in [3.63, 3.8) is 0 Å². The van der Waals surface area contributed by atoms with Crippen LogP contribution >= 0.6 is 11.6 Å². The summed E-state index contributed by atoms with van der Waals surface area (Å²) in [5.74, 6) is 1.81. The maximum absolute atomic E-state index is 12.4. The number of hydrogen-bond acceptors (Lipinski definition) is 4. The number of fused-ring (bicyclic) bond motifs is 1. The molecule has 1 heterocycles. The van der Waals surface area contributed by atoms with Crippen molar-refractivity contribution in [2.24, 2.45) is 0 Å². The average molecular weight is 317 g/mol. The predicted molar refractivity (Wildman–Crippen MR) is 83.9 cm³/mol. The van der Waals surface area contributed by atoms with Gasteiger partial charge in [0.1, 0.15) is 17.2 Å². The minimum absolute atomic E-state index is 0.199. The summed E-state index contributed by atoms with van der Waals surface area (Å²) in [6.45, 7) is 0. The van der Waals surface area contributed by atoms with E-state index in [1.807, 2.05) is 0 Å². The summed E-state index contributed by atoms with van der Waals surface area (Å²) < 4.78 is 16.1. The number of ether oxygens (including phenoxy) is 3. The Bertz CT molecular complexity index is 780. The van der Waals surface area contributed by atoms with Crippen LogP contribution in [0.15, 0.2) is 42.2 Å². The molecule has 2 aromatic carbocycles. The third kappa shape index (κ3) is 2.53. The van der Waals surface area contributed by atoms with E-state index in [1.54, 1.807) is 56.7 Å². The van der Waals surface area contributed by atoms with Crippen molar-refractivity contribution in [3.8, 4) is 17.2 Å². The quantitative estimate of drug-likeness (QED) is 0.804. The van der Waals surface area contributed by atoms with Crippen LogP contribution in [0.25, 0.3) is 6.08 Å². The molecule has 5 heteroatoms. The molecule has 0 aliphatic carbocycles. The molecule has 0 aromatic heterocycles. The van der Waals surface area contributed by atoms with Gasteiger partial charge in [-0.05, 0) is 36.4 Å². The molecule has 0 bridgehead atoms. The number of Topliss-reactive ketones (excluding diaryl/α,β-unsaturated/α-hetero) is 1. The molecule has 0 N–H and O–H groups in total. The monoisotopic (exact) mass is 316 g/mol. The number of rotatable bonds is 3. The van der Waals surface area contributed by atoms with E-state index < -0.39 is 0 Å². The zero-order valence-corrected chi connectivity index (χ0v) is 12.8. The summed E-state index contributed by atoms with van der Waals surface area (Å²) in [6.07, 6.45) is 1.65. The molecular formula is C17H13ClO4. The number of carbonyl (C=O) groups is 1. The molecule has 4 nitrogen and oxygen atoms in total. The lowest BCUT2D eigenvalue weighted by Gasteiger charge is -2.07. The molecule has 0 amide bonds. The first-order valence-corrected chi connectivity index (χ1v) is 6.96. The molecule has 0 atom stereocenters. The SMILES string of the molecule is COc1ccc(/C=C2\Oc3ccc(Cl)cc3C2=O)c(OC)c1. The summed E-state index contributed by atoms with van der Waals surface area (Å²) >= 11 is 5.92. The average Bonchev–Trinajstić information content (AvgIpc) is 2.84. The molecule has 22 heavy (non-hydrogen) atoms. The predicted octanol–water partition coefficient (Wildman–Crippen LogP) is 3.97. The van der Waals surface area contributed by atoms with Gasteiger partial charge in [-0.15, -0.1) is 0 Å². The normalized spacial score (nSPS) is 14.7. The van der Waals surface area contributed by atoms with Crippen molar-refractivity contribution in [1.82, 2.24) is 0 Å². The highest BCUT2D eigenvalue weighted by molar-refractivity contribution is 6.31. The fourth-order valence-corrected chi connectivity index (χ4v) is 2.41. The number of hydrogen-bond donors (Lipinski definition) is 0. The van der Waals surface area contributed by atoms with Gasteiger partial charge in [0.25, 0.3) is 0 Å². The van der Waals surface area contributed by atoms with Crippen molar-refractivity contribution in [3.05, 3.63) is 58.3 Å². The van der Waals surface area contributed by atoms with E-state index >= 15 is 0 Å². The van der Waals surface area contributed by atoms with E-state index in [9.17, 15) is 4.79 Å². The summed E-state index contributed by atoms with van der Waals surface area (Å²) in [5, 5.41) is 0.499. The van der Waals surface area contributed by atoms with E-state index in [4.69, 9.17) is 25.8 Å². The van der Waals surface area contributed by atoms with Crippen LogP contribution in [0, 0.1) is 0 Å². The van der Waals surface area contributed by atoms with Crippen molar-refractivity contribution in [1.29, 1.82) is 0 Å². The smallest absolute Gasteiger partial charge is 0.232 e. The number of ketones is 1. The van der Waals surface area contributed by atoms with Crippen LogP contribution in [0.4, 0.5) is 0 Å². The van der Waals surface area contributed by atoms with Gasteiger partial charge >= 0.3 is 0 Å². The second-order valence-electron chi connectivity index (χ2n) is 4.69. The van der Waals surface area contributed by atoms with Crippen LogP contribution < -0.4 is 14.2 Å². The Labute approximate surface area is 132 Å². The Morgan fingerprint density at radius 3 is 2.64 bits per heavy atom. The lowest BCUT2D eigenvalue weighted by molar-refractivity contribution is 0.101. The number of methoxy groups -OCH3 is 2. The standard InChI is InChI=1S/C17H13ClO4/c1-20-12-5-3-10(15(9-12)21-2)7-16-17(19)13-8-11(18)4-6-14(13)22-16/h3-9H,1-2H3/b16-7-. The fourth-order valence-electron chi connectivity index (χ4n) is 2.24. The van der Waals surface area contributed by atoms with Gasteiger partial charge in [-0.2, -0.15) is 0 Å². The van der Waals surface area contributed by atoms with Crippen LogP contribution in [-0.4, -0.2) is 20.0 Å². The minimum Gasteiger partial charge on any atom is -0.497 e. The van der Waals surface area contributed by atoms with Gasteiger partial charge < -0.3 is 14.2 Å². The Balaban J connectivity index is 1.99. The first kappa shape index (κ1) is 14.5. The van der Waals surface area contributed by atoms with Gasteiger partial charge in [-0.25, -0.2) is 0 Å². The maximum atomic E-state index is 12.4. The second kappa shape index (κ2) is 5.73. The summed E-state index contributed by atoms with van der Waals surface area (Å²) in [5.41, 5.74) is 1.19. The molecule has 1 aliphatic rings. The van der Waals surface area contributed by atoms with Crippen LogP contribution in [0.2, 0.25) is 5.02 Å². The number of carbonyl (C=O) groups excluding carboxylic acids is 1.